The topological polar surface area (TPSA) is 56.4 Å². The fourth-order valence-electron chi connectivity index (χ4n) is 2.44. The van der Waals surface area contributed by atoms with Gasteiger partial charge in [-0.25, -0.2) is 4.98 Å². The van der Waals surface area contributed by atoms with E-state index in [1.807, 2.05) is 45.9 Å². The lowest BCUT2D eigenvalue weighted by atomic mass is 9.78. The summed E-state index contributed by atoms with van der Waals surface area (Å²) >= 11 is 0. The van der Waals surface area contributed by atoms with Crippen LogP contribution in [0.25, 0.3) is 11.4 Å². The van der Waals surface area contributed by atoms with Crippen molar-refractivity contribution >= 4 is 12.6 Å². The fraction of sp³-hybridized carbons (Fsp3) is 0.438. The lowest BCUT2D eigenvalue weighted by molar-refractivity contribution is 0.00578. The van der Waals surface area contributed by atoms with Gasteiger partial charge in [-0.2, -0.15) is 0 Å². The molecule has 2 heterocycles. The molecule has 1 aromatic heterocycles. The predicted octanol–water partition coefficient (Wildman–Crippen LogP) is 2.38. The molecule has 116 valence electrons. The maximum absolute atomic E-state index is 6.08. The van der Waals surface area contributed by atoms with Crippen molar-refractivity contribution < 1.29 is 14.0 Å². The van der Waals surface area contributed by atoms with Gasteiger partial charge in [0.2, 0.25) is 0 Å². The molecular formula is C16H21BN2O3. The zero-order valence-electron chi connectivity index (χ0n) is 13.6. The monoisotopic (exact) mass is 300 g/mol. The Labute approximate surface area is 131 Å². The van der Waals surface area contributed by atoms with Crippen molar-refractivity contribution in [2.24, 2.45) is 0 Å². The highest BCUT2D eigenvalue weighted by atomic mass is 16.7. The van der Waals surface area contributed by atoms with E-state index in [0.29, 0.717) is 0 Å². The number of aromatic amines is 1. The van der Waals surface area contributed by atoms with E-state index in [2.05, 4.69) is 9.97 Å². The first kappa shape index (κ1) is 15.1. The molecule has 2 aromatic rings. The van der Waals surface area contributed by atoms with Crippen molar-refractivity contribution in [3.8, 4) is 17.1 Å². The second kappa shape index (κ2) is 5.14. The van der Waals surface area contributed by atoms with Crippen LogP contribution in [-0.4, -0.2) is 35.4 Å². The molecule has 6 heteroatoms. The molecule has 0 radical (unpaired) electrons. The van der Waals surface area contributed by atoms with E-state index in [1.165, 1.54) is 0 Å². The Morgan fingerprint density at radius 3 is 2.36 bits per heavy atom. The summed E-state index contributed by atoms with van der Waals surface area (Å²) in [6.45, 7) is 8.17. The number of hydrogen-bond acceptors (Lipinski definition) is 4. The molecule has 0 saturated carbocycles. The Bertz CT molecular complexity index is 652. The predicted molar refractivity (Wildman–Crippen MR) is 86.3 cm³/mol. The molecule has 0 atom stereocenters. The van der Waals surface area contributed by atoms with E-state index in [9.17, 15) is 0 Å². The maximum Gasteiger partial charge on any atom is 0.494 e. The van der Waals surface area contributed by atoms with Gasteiger partial charge in [-0.05, 0) is 45.3 Å². The van der Waals surface area contributed by atoms with Crippen molar-refractivity contribution in [1.29, 1.82) is 0 Å². The van der Waals surface area contributed by atoms with Gasteiger partial charge in [-0.3, -0.25) is 0 Å². The molecule has 1 aliphatic heterocycles. The third-order valence-electron chi connectivity index (χ3n) is 4.50. The van der Waals surface area contributed by atoms with Crippen LogP contribution in [0.2, 0.25) is 0 Å². The number of methoxy groups -OCH3 is 1. The van der Waals surface area contributed by atoms with E-state index < -0.39 is 7.12 Å². The number of imidazole rings is 1. The minimum atomic E-state index is -0.399. The highest BCUT2D eigenvalue weighted by Gasteiger charge is 2.51. The highest BCUT2D eigenvalue weighted by molar-refractivity contribution is 6.62. The van der Waals surface area contributed by atoms with Crippen molar-refractivity contribution in [1.82, 2.24) is 9.97 Å². The summed E-state index contributed by atoms with van der Waals surface area (Å²) in [4.78, 5) is 7.36. The van der Waals surface area contributed by atoms with Crippen LogP contribution in [0, 0.1) is 0 Å². The summed E-state index contributed by atoms with van der Waals surface area (Å²) in [6, 6.07) is 5.90. The zero-order chi connectivity index (χ0) is 16.0. The number of nitrogens with one attached hydrogen (secondary N) is 1. The molecule has 1 fully saturated rings. The summed E-state index contributed by atoms with van der Waals surface area (Å²) in [5.41, 5.74) is 1.13. The quantitative estimate of drug-likeness (QED) is 0.884. The average Bonchev–Trinajstić information content (AvgIpc) is 3.05. The number of benzene rings is 1. The molecule has 1 aliphatic rings. The molecule has 0 bridgehead atoms. The number of rotatable bonds is 3. The largest absolute Gasteiger partial charge is 0.496 e. The van der Waals surface area contributed by atoms with Gasteiger partial charge < -0.3 is 19.0 Å². The van der Waals surface area contributed by atoms with Gasteiger partial charge in [-0.1, -0.05) is 6.07 Å². The number of aromatic nitrogens is 2. The number of ether oxygens (including phenoxy) is 1. The molecule has 3 rings (SSSR count). The molecule has 0 unspecified atom stereocenters. The van der Waals surface area contributed by atoms with E-state index >= 15 is 0 Å². The Hall–Kier alpha value is -1.79. The van der Waals surface area contributed by atoms with E-state index in [1.54, 1.807) is 19.5 Å². The molecular weight excluding hydrogens is 279 g/mol. The van der Waals surface area contributed by atoms with Gasteiger partial charge in [-0.15, -0.1) is 0 Å². The van der Waals surface area contributed by atoms with Crippen LogP contribution in [-0.2, 0) is 9.31 Å². The minimum Gasteiger partial charge on any atom is -0.496 e. The summed E-state index contributed by atoms with van der Waals surface area (Å²) < 4.78 is 17.7. The van der Waals surface area contributed by atoms with Crippen LogP contribution in [0.15, 0.2) is 30.6 Å². The normalized spacial score (nSPS) is 19.4. The fourth-order valence-corrected chi connectivity index (χ4v) is 2.44. The van der Waals surface area contributed by atoms with Crippen LogP contribution in [0.3, 0.4) is 0 Å². The average molecular weight is 300 g/mol. The Kier molecular flexibility index (Phi) is 3.53. The third kappa shape index (κ3) is 2.42. The lowest BCUT2D eigenvalue weighted by Gasteiger charge is -2.32. The Morgan fingerprint density at radius 1 is 1.14 bits per heavy atom. The summed E-state index contributed by atoms with van der Waals surface area (Å²) in [5.74, 6) is 1.51. The lowest BCUT2D eigenvalue weighted by Crippen LogP contribution is -2.41. The Balaban J connectivity index is 1.94. The van der Waals surface area contributed by atoms with Crippen LogP contribution in [0.4, 0.5) is 0 Å². The first-order valence-corrected chi connectivity index (χ1v) is 7.37. The molecule has 1 aromatic carbocycles. The molecule has 5 nitrogen and oxygen atoms in total. The molecule has 0 amide bonds. The molecule has 1 N–H and O–H groups in total. The smallest absolute Gasteiger partial charge is 0.494 e. The van der Waals surface area contributed by atoms with Gasteiger partial charge >= 0.3 is 7.12 Å². The van der Waals surface area contributed by atoms with Crippen LogP contribution < -0.4 is 10.2 Å². The SMILES string of the molecule is COc1cc(B2OC(C)(C)C(C)(C)O2)ccc1-c1ncc[nH]1. The molecule has 1 saturated heterocycles. The van der Waals surface area contributed by atoms with Gasteiger partial charge in [0.05, 0.1) is 23.9 Å². The van der Waals surface area contributed by atoms with Crippen LogP contribution >= 0.6 is 0 Å². The van der Waals surface area contributed by atoms with Crippen LogP contribution in [0.1, 0.15) is 27.7 Å². The number of hydrogen-bond donors (Lipinski definition) is 1. The second-order valence-electron chi connectivity index (χ2n) is 6.49. The molecule has 0 aliphatic carbocycles. The maximum atomic E-state index is 6.08. The highest BCUT2D eigenvalue weighted by Crippen LogP contribution is 2.37. The summed E-state index contributed by atoms with van der Waals surface area (Å²) in [7, 11) is 1.25. The van der Waals surface area contributed by atoms with Crippen molar-refractivity contribution in [2.75, 3.05) is 7.11 Å². The first-order chi connectivity index (χ1) is 10.3. The van der Waals surface area contributed by atoms with Crippen molar-refractivity contribution in [3.05, 3.63) is 30.6 Å². The van der Waals surface area contributed by atoms with E-state index in [4.69, 9.17) is 14.0 Å². The first-order valence-electron chi connectivity index (χ1n) is 7.37. The molecule has 22 heavy (non-hydrogen) atoms. The standard InChI is InChI=1S/C16H21BN2O3/c1-15(2)16(3,4)22-17(21-15)11-6-7-12(13(10-11)20-5)14-18-8-9-19-14/h6-10H,1-5H3,(H,18,19). The van der Waals surface area contributed by atoms with E-state index in [-0.39, 0.29) is 11.2 Å². The van der Waals surface area contributed by atoms with Gasteiger partial charge in [0, 0.05) is 12.4 Å². The van der Waals surface area contributed by atoms with Gasteiger partial charge in [0.25, 0.3) is 0 Å². The van der Waals surface area contributed by atoms with Crippen molar-refractivity contribution in [3.63, 3.8) is 0 Å². The van der Waals surface area contributed by atoms with E-state index in [0.717, 1.165) is 22.6 Å². The molecule has 0 spiro atoms. The third-order valence-corrected chi connectivity index (χ3v) is 4.50. The van der Waals surface area contributed by atoms with Gasteiger partial charge in [0.15, 0.2) is 0 Å². The number of nitrogens with zero attached hydrogens (tertiary/aromatic N) is 1. The zero-order valence-corrected chi connectivity index (χ0v) is 13.6. The Morgan fingerprint density at radius 2 is 1.82 bits per heavy atom. The summed E-state index contributed by atoms with van der Waals surface area (Å²) in [5, 5.41) is 0. The minimum absolute atomic E-state index is 0.357. The number of H-pyrrole nitrogens is 1. The second-order valence-corrected chi connectivity index (χ2v) is 6.49. The van der Waals surface area contributed by atoms with Crippen molar-refractivity contribution in [2.45, 2.75) is 38.9 Å². The van der Waals surface area contributed by atoms with Gasteiger partial charge in [0.1, 0.15) is 11.6 Å². The van der Waals surface area contributed by atoms with Crippen LogP contribution in [0.5, 0.6) is 5.75 Å². The summed E-state index contributed by atoms with van der Waals surface area (Å²) in [6.07, 6.45) is 3.51.